The topological polar surface area (TPSA) is 32.7 Å². The molecule has 0 radical (unpaired) electrons. The molecule has 0 aromatic heterocycles. The van der Waals surface area contributed by atoms with Crippen molar-refractivity contribution in [2.75, 3.05) is 25.2 Å². The maximum Gasteiger partial charge on any atom is 0.0948 e. The van der Waals surface area contributed by atoms with Gasteiger partial charge in [-0.2, -0.15) is 0 Å². The molecule has 0 aliphatic carbocycles. The summed E-state index contributed by atoms with van der Waals surface area (Å²) in [6.07, 6.45) is 0.648. The zero-order chi connectivity index (χ0) is 14.0. The molecule has 1 heterocycles. The summed E-state index contributed by atoms with van der Waals surface area (Å²) in [6.45, 7) is 7.77. The molecule has 3 heteroatoms. The lowest BCUT2D eigenvalue weighted by molar-refractivity contribution is 0.0651. The highest BCUT2D eigenvalue weighted by atomic mass is 16.5. The van der Waals surface area contributed by atoms with Crippen molar-refractivity contribution in [1.29, 1.82) is 0 Å². The molecule has 0 bridgehead atoms. The summed E-state index contributed by atoms with van der Waals surface area (Å²) in [5, 5.41) is 10.1. The molecule has 0 amide bonds. The van der Waals surface area contributed by atoms with E-state index in [2.05, 4.69) is 49.9 Å². The molecule has 0 fully saturated rings. The lowest BCUT2D eigenvalue weighted by atomic mass is 9.80. The number of rotatable bonds is 4. The predicted molar refractivity (Wildman–Crippen MR) is 78.8 cm³/mol. The van der Waals surface area contributed by atoms with Crippen molar-refractivity contribution in [3.63, 3.8) is 0 Å². The van der Waals surface area contributed by atoms with Gasteiger partial charge in [-0.05, 0) is 37.8 Å². The van der Waals surface area contributed by atoms with Gasteiger partial charge in [-0.15, -0.1) is 0 Å². The molecule has 2 rings (SSSR count). The molecule has 2 atom stereocenters. The van der Waals surface area contributed by atoms with Gasteiger partial charge in [-0.1, -0.05) is 25.1 Å². The Morgan fingerprint density at radius 3 is 2.79 bits per heavy atom. The number of aliphatic hydroxyl groups excluding tert-OH is 1. The van der Waals surface area contributed by atoms with Crippen molar-refractivity contribution in [3.05, 3.63) is 29.8 Å². The van der Waals surface area contributed by atoms with Gasteiger partial charge in [0.05, 0.1) is 12.7 Å². The number of nitrogens with zero attached hydrogens (tertiary/aromatic N) is 1. The number of anilines is 1. The number of aliphatic hydroxyl groups is 1. The lowest BCUT2D eigenvalue weighted by Gasteiger charge is -2.48. The van der Waals surface area contributed by atoms with Crippen LogP contribution >= 0.6 is 0 Å². The minimum atomic E-state index is -0.453. The van der Waals surface area contributed by atoms with E-state index in [4.69, 9.17) is 4.74 Å². The van der Waals surface area contributed by atoms with Crippen molar-refractivity contribution in [2.45, 2.75) is 44.8 Å². The monoisotopic (exact) mass is 263 g/mol. The fraction of sp³-hybridized carbons (Fsp3) is 0.625. The van der Waals surface area contributed by atoms with Crippen molar-refractivity contribution in [1.82, 2.24) is 0 Å². The first-order chi connectivity index (χ1) is 8.95. The second-order valence-electron chi connectivity index (χ2n) is 6.20. The van der Waals surface area contributed by atoms with Gasteiger partial charge in [-0.25, -0.2) is 0 Å². The van der Waals surface area contributed by atoms with Gasteiger partial charge >= 0.3 is 0 Å². The number of hydrogen-bond donors (Lipinski definition) is 1. The van der Waals surface area contributed by atoms with Crippen molar-refractivity contribution in [2.24, 2.45) is 0 Å². The van der Waals surface area contributed by atoms with E-state index in [9.17, 15) is 5.11 Å². The van der Waals surface area contributed by atoms with Crippen LogP contribution in [-0.4, -0.2) is 37.0 Å². The first kappa shape index (κ1) is 14.4. The summed E-state index contributed by atoms with van der Waals surface area (Å²) >= 11 is 0. The lowest BCUT2D eigenvalue weighted by Crippen LogP contribution is -2.51. The number of ether oxygens (including phenoxy) is 1. The number of para-hydroxylation sites is 1. The van der Waals surface area contributed by atoms with E-state index in [1.54, 1.807) is 7.11 Å². The summed E-state index contributed by atoms with van der Waals surface area (Å²) in [4.78, 5) is 2.33. The average Bonchev–Trinajstić information content (AvgIpc) is 2.34. The Morgan fingerprint density at radius 1 is 1.42 bits per heavy atom. The molecule has 19 heavy (non-hydrogen) atoms. The maximum absolute atomic E-state index is 10.1. The smallest absolute Gasteiger partial charge is 0.0948 e. The minimum absolute atomic E-state index is 0.0580. The Hall–Kier alpha value is -1.06. The van der Waals surface area contributed by atoms with Crippen LogP contribution in [0.4, 0.5) is 5.69 Å². The fourth-order valence-electron chi connectivity index (χ4n) is 3.25. The maximum atomic E-state index is 10.1. The highest BCUT2D eigenvalue weighted by molar-refractivity contribution is 5.59. The number of β-amino-alcohol motifs (C(OH)–C–C–N with tert-alkyl or cyclic N) is 1. The third-order valence-corrected chi connectivity index (χ3v) is 4.05. The molecule has 1 aliphatic rings. The third kappa shape index (κ3) is 2.93. The Morgan fingerprint density at radius 2 is 2.11 bits per heavy atom. The van der Waals surface area contributed by atoms with Crippen LogP contribution in [0, 0.1) is 0 Å². The first-order valence-corrected chi connectivity index (χ1v) is 6.99. The average molecular weight is 263 g/mol. The quantitative estimate of drug-likeness (QED) is 0.906. The minimum Gasteiger partial charge on any atom is -0.389 e. The largest absolute Gasteiger partial charge is 0.389 e. The zero-order valence-corrected chi connectivity index (χ0v) is 12.4. The molecule has 106 valence electrons. The van der Waals surface area contributed by atoms with Crippen LogP contribution in [0.5, 0.6) is 0 Å². The Labute approximate surface area is 116 Å². The van der Waals surface area contributed by atoms with Crippen LogP contribution in [0.3, 0.4) is 0 Å². The number of methoxy groups -OCH3 is 1. The van der Waals surface area contributed by atoms with E-state index in [0.717, 1.165) is 6.42 Å². The van der Waals surface area contributed by atoms with Crippen LogP contribution in [0.1, 0.15) is 38.7 Å². The molecule has 1 aromatic carbocycles. The van der Waals surface area contributed by atoms with Crippen LogP contribution in [-0.2, 0) is 4.74 Å². The molecule has 0 spiro atoms. The molecular formula is C16H25NO2. The Kier molecular flexibility index (Phi) is 4.16. The van der Waals surface area contributed by atoms with Gasteiger partial charge in [0, 0.05) is 24.9 Å². The SMILES string of the molecule is COCC(O)CN1c2ccccc2C(C)CC1(C)C. The van der Waals surface area contributed by atoms with Gasteiger partial charge in [0.1, 0.15) is 0 Å². The van der Waals surface area contributed by atoms with Crippen molar-refractivity contribution in [3.8, 4) is 0 Å². The summed E-state index contributed by atoms with van der Waals surface area (Å²) in [5.74, 6) is 0.557. The summed E-state index contributed by atoms with van der Waals surface area (Å²) in [6, 6.07) is 8.53. The van der Waals surface area contributed by atoms with Gasteiger partial charge in [0.15, 0.2) is 0 Å². The van der Waals surface area contributed by atoms with Gasteiger partial charge < -0.3 is 14.7 Å². The molecular weight excluding hydrogens is 238 g/mol. The molecule has 3 nitrogen and oxygen atoms in total. The molecule has 1 aromatic rings. The molecule has 1 N–H and O–H groups in total. The van der Waals surface area contributed by atoms with E-state index in [-0.39, 0.29) is 5.54 Å². The second-order valence-corrected chi connectivity index (χ2v) is 6.20. The summed E-state index contributed by atoms with van der Waals surface area (Å²) in [5.41, 5.74) is 2.69. The summed E-state index contributed by atoms with van der Waals surface area (Å²) in [7, 11) is 1.63. The standard InChI is InChI=1S/C16H25NO2/c1-12-9-16(2,3)17(10-13(18)11-19-4)15-8-6-5-7-14(12)15/h5-8,12-13,18H,9-11H2,1-4H3. The predicted octanol–water partition coefficient (Wildman–Crippen LogP) is 2.79. The third-order valence-electron chi connectivity index (χ3n) is 4.05. The van der Waals surface area contributed by atoms with Crippen molar-refractivity contribution < 1.29 is 9.84 Å². The number of hydrogen-bond acceptors (Lipinski definition) is 3. The molecule has 1 aliphatic heterocycles. The van der Waals surface area contributed by atoms with E-state index in [0.29, 0.717) is 19.1 Å². The van der Waals surface area contributed by atoms with Gasteiger partial charge in [0.25, 0.3) is 0 Å². The van der Waals surface area contributed by atoms with Crippen molar-refractivity contribution >= 4 is 5.69 Å². The van der Waals surface area contributed by atoms with Crippen LogP contribution in [0.2, 0.25) is 0 Å². The van der Waals surface area contributed by atoms with E-state index in [1.807, 2.05) is 0 Å². The summed E-state index contributed by atoms with van der Waals surface area (Å²) < 4.78 is 5.05. The fourth-order valence-corrected chi connectivity index (χ4v) is 3.25. The Bertz CT molecular complexity index is 431. The van der Waals surface area contributed by atoms with E-state index in [1.165, 1.54) is 11.3 Å². The number of benzene rings is 1. The van der Waals surface area contributed by atoms with Gasteiger partial charge in [-0.3, -0.25) is 0 Å². The molecule has 2 unspecified atom stereocenters. The first-order valence-electron chi connectivity index (χ1n) is 6.99. The van der Waals surface area contributed by atoms with Crippen LogP contribution in [0.25, 0.3) is 0 Å². The Balaban J connectivity index is 2.31. The normalized spacial score (nSPS) is 23.0. The molecule has 0 saturated heterocycles. The highest BCUT2D eigenvalue weighted by Gasteiger charge is 2.36. The van der Waals surface area contributed by atoms with E-state index < -0.39 is 6.10 Å². The zero-order valence-electron chi connectivity index (χ0n) is 12.4. The van der Waals surface area contributed by atoms with Crippen LogP contribution < -0.4 is 4.90 Å². The van der Waals surface area contributed by atoms with Crippen LogP contribution in [0.15, 0.2) is 24.3 Å². The van der Waals surface area contributed by atoms with E-state index >= 15 is 0 Å². The number of fused-ring (bicyclic) bond motifs is 1. The second kappa shape index (κ2) is 5.51. The highest BCUT2D eigenvalue weighted by Crippen LogP contribution is 2.42. The van der Waals surface area contributed by atoms with Gasteiger partial charge in [0.2, 0.25) is 0 Å². The molecule has 0 saturated carbocycles.